The first-order valence-electron chi connectivity index (χ1n) is 8.15. The summed E-state index contributed by atoms with van der Waals surface area (Å²) in [7, 11) is 0. The van der Waals surface area contributed by atoms with Gasteiger partial charge in [0.1, 0.15) is 5.69 Å². The van der Waals surface area contributed by atoms with E-state index in [-0.39, 0.29) is 24.0 Å². The summed E-state index contributed by atoms with van der Waals surface area (Å²) in [6, 6.07) is 4.73. The number of nitrogens with zero attached hydrogens (tertiary/aromatic N) is 2. The van der Waals surface area contributed by atoms with Crippen LogP contribution >= 0.6 is 12.4 Å². The standard InChI is InChI=1S/C16H24N4O3.ClH/c1-2-7-17-8-9-18-16(21)13-5-6-14(15(12-13)20(22)23)19-10-3-4-11-19;/h5-6,12,17H,2-4,7-11H2,1H3,(H,18,21);1H. The van der Waals surface area contributed by atoms with Crippen LogP contribution in [0, 0.1) is 10.1 Å². The van der Waals surface area contributed by atoms with Gasteiger partial charge in [-0.1, -0.05) is 6.92 Å². The van der Waals surface area contributed by atoms with Crippen molar-refractivity contribution in [1.82, 2.24) is 10.6 Å². The largest absolute Gasteiger partial charge is 0.366 e. The molecule has 2 N–H and O–H groups in total. The molecule has 1 heterocycles. The van der Waals surface area contributed by atoms with E-state index in [1.54, 1.807) is 12.1 Å². The Kier molecular flexibility index (Phi) is 8.49. The molecule has 0 aromatic heterocycles. The highest BCUT2D eigenvalue weighted by Gasteiger charge is 2.23. The Hall–Kier alpha value is -1.86. The van der Waals surface area contributed by atoms with E-state index in [1.165, 1.54) is 6.07 Å². The quantitative estimate of drug-likeness (QED) is 0.424. The molecule has 8 heteroatoms. The first-order chi connectivity index (χ1) is 11.1. The lowest BCUT2D eigenvalue weighted by Gasteiger charge is -2.17. The van der Waals surface area contributed by atoms with E-state index < -0.39 is 4.92 Å². The molecule has 0 bridgehead atoms. The number of nitro groups is 1. The smallest absolute Gasteiger partial charge is 0.293 e. The second-order valence-electron chi connectivity index (χ2n) is 5.66. The summed E-state index contributed by atoms with van der Waals surface area (Å²) < 4.78 is 0. The number of carbonyl (C=O) groups is 1. The third-order valence-corrected chi connectivity index (χ3v) is 3.90. The summed E-state index contributed by atoms with van der Waals surface area (Å²) in [5.41, 5.74) is 0.937. The zero-order valence-corrected chi connectivity index (χ0v) is 14.7. The number of halogens is 1. The maximum atomic E-state index is 12.1. The fourth-order valence-corrected chi connectivity index (χ4v) is 2.70. The minimum Gasteiger partial charge on any atom is -0.366 e. The molecular weight excluding hydrogens is 332 g/mol. The summed E-state index contributed by atoms with van der Waals surface area (Å²) in [6.07, 6.45) is 3.13. The molecule has 1 fully saturated rings. The van der Waals surface area contributed by atoms with Crippen molar-refractivity contribution < 1.29 is 9.72 Å². The number of nitro benzene ring substituents is 1. The molecule has 1 aliphatic rings. The molecular formula is C16H25ClN4O3. The van der Waals surface area contributed by atoms with Gasteiger partial charge in [0.2, 0.25) is 0 Å². The van der Waals surface area contributed by atoms with Crippen LogP contribution in [0.3, 0.4) is 0 Å². The average molecular weight is 357 g/mol. The summed E-state index contributed by atoms with van der Waals surface area (Å²) in [4.78, 5) is 25.0. The second-order valence-corrected chi connectivity index (χ2v) is 5.66. The fourth-order valence-electron chi connectivity index (χ4n) is 2.70. The molecule has 0 aliphatic carbocycles. The molecule has 0 radical (unpaired) electrons. The molecule has 24 heavy (non-hydrogen) atoms. The Morgan fingerprint density at radius 3 is 2.58 bits per heavy atom. The molecule has 0 atom stereocenters. The van der Waals surface area contributed by atoms with Gasteiger partial charge in [0.05, 0.1) is 4.92 Å². The Bertz CT molecular complexity index is 562. The van der Waals surface area contributed by atoms with Gasteiger partial charge in [-0.05, 0) is 37.9 Å². The van der Waals surface area contributed by atoms with Crippen LogP contribution in [-0.2, 0) is 0 Å². The van der Waals surface area contributed by atoms with Crippen molar-refractivity contribution in [1.29, 1.82) is 0 Å². The molecule has 2 rings (SSSR count). The zero-order chi connectivity index (χ0) is 16.7. The predicted molar refractivity (Wildman–Crippen MR) is 97.3 cm³/mol. The Balaban J connectivity index is 0.00000288. The highest BCUT2D eigenvalue weighted by atomic mass is 35.5. The topological polar surface area (TPSA) is 87.5 Å². The average Bonchev–Trinajstić information content (AvgIpc) is 3.08. The van der Waals surface area contributed by atoms with Crippen molar-refractivity contribution in [3.8, 4) is 0 Å². The molecule has 1 aliphatic heterocycles. The molecule has 7 nitrogen and oxygen atoms in total. The SMILES string of the molecule is CCCNCCNC(=O)c1ccc(N2CCCC2)c([N+](=O)[O-])c1.Cl. The van der Waals surface area contributed by atoms with Crippen LogP contribution in [-0.4, -0.2) is 43.6 Å². The molecule has 134 valence electrons. The number of hydrogen-bond acceptors (Lipinski definition) is 5. The number of amides is 1. The monoisotopic (exact) mass is 356 g/mol. The van der Waals surface area contributed by atoms with Gasteiger partial charge in [-0.15, -0.1) is 12.4 Å². The molecule has 1 amide bonds. The van der Waals surface area contributed by atoms with E-state index >= 15 is 0 Å². The third-order valence-electron chi connectivity index (χ3n) is 3.90. The van der Waals surface area contributed by atoms with Crippen LogP contribution in [0.5, 0.6) is 0 Å². The van der Waals surface area contributed by atoms with E-state index in [0.717, 1.165) is 38.9 Å². The maximum Gasteiger partial charge on any atom is 0.293 e. The summed E-state index contributed by atoms with van der Waals surface area (Å²) >= 11 is 0. The molecule has 0 saturated carbocycles. The third kappa shape index (κ3) is 5.35. The van der Waals surface area contributed by atoms with Crippen LogP contribution < -0.4 is 15.5 Å². The number of carbonyl (C=O) groups excluding carboxylic acids is 1. The highest BCUT2D eigenvalue weighted by molar-refractivity contribution is 5.95. The van der Waals surface area contributed by atoms with E-state index in [0.29, 0.717) is 24.3 Å². The first-order valence-corrected chi connectivity index (χ1v) is 8.15. The van der Waals surface area contributed by atoms with Crippen LogP contribution in [0.4, 0.5) is 11.4 Å². The van der Waals surface area contributed by atoms with Gasteiger partial charge in [0.25, 0.3) is 11.6 Å². The van der Waals surface area contributed by atoms with Crippen LogP contribution in [0.25, 0.3) is 0 Å². The molecule has 1 aromatic rings. The van der Waals surface area contributed by atoms with Crippen LogP contribution in [0.2, 0.25) is 0 Å². The van der Waals surface area contributed by atoms with E-state index in [2.05, 4.69) is 17.6 Å². The number of anilines is 1. The number of hydrogen-bond donors (Lipinski definition) is 2. The van der Waals surface area contributed by atoms with Crippen molar-refractivity contribution in [2.24, 2.45) is 0 Å². The van der Waals surface area contributed by atoms with Crippen molar-refractivity contribution in [2.75, 3.05) is 37.6 Å². The Morgan fingerprint density at radius 1 is 1.25 bits per heavy atom. The number of rotatable bonds is 8. The minimum absolute atomic E-state index is 0. The minimum atomic E-state index is -0.409. The van der Waals surface area contributed by atoms with Gasteiger partial charge in [-0.3, -0.25) is 14.9 Å². The fraction of sp³-hybridized carbons (Fsp3) is 0.562. The van der Waals surface area contributed by atoms with Crippen LogP contribution in [0.1, 0.15) is 36.5 Å². The first kappa shape index (κ1) is 20.2. The Labute approximate surface area is 148 Å². The second kappa shape index (κ2) is 10.1. The molecule has 0 spiro atoms. The maximum absolute atomic E-state index is 12.1. The van der Waals surface area contributed by atoms with Gasteiger partial charge >= 0.3 is 0 Å². The zero-order valence-electron chi connectivity index (χ0n) is 13.9. The molecule has 0 unspecified atom stereocenters. The van der Waals surface area contributed by atoms with E-state index in [9.17, 15) is 14.9 Å². The lowest BCUT2D eigenvalue weighted by molar-refractivity contribution is -0.384. The number of benzene rings is 1. The summed E-state index contributed by atoms with van der Waals surface area (Å²) in [5.74, 6) is -0.278. The lowest BCUT2D eigenvalue weighted by Crippen LogP contribution is -2.32. The summed E-state index contributed by atoms with van der Waals surface area (Å²) in [6.45, 7) is 5.83. The summed E-state index contributed by atoms with van der Waals surface area (Å²) in [5, 5.41) is 17.3. The molecule has 1 aromatic carbocycles. The van der Waals surface area contributed by atoms with Gasteiger partial charge in [0, 0.05) is 37.8 Å². The van der Waals surface area contributed by atoms with E-state index in [1.807, 2.05) is 4.90 Å². The predicted octanol–water partition coefficient (Wildman–Crippen LogP) is 2.35. The van der Waals surface area contributed by atoms with Gasteiger partial charge in [0.15, 0.2) is 0 Å². The van der Waals surface area contributed by atoms with Crippen molar-refractivity contribution >= 4 is 29.7 Å². The van der Waals surface area contributed by atoms with Crippen molar-refractivity contribution in [3.05, 3.63) is 33.9 Å². The molecule has 1 saturated heterocycles. The highest BCUT2D eigenvalue weighted by Crippen LogP contribution is 2.31. The van der Waals surface area contributed by atoms with E-state index in [4.69, 9.17) is 0 Å². The Morgan fingerprint density at radius 2 is 1.96 bits per heavy atom. The van der Waals surface area contributed by atoms with Crippen molar-refractivity contribution in [2.45, 2.75) is 26.2 Å². The van der Waals surface area contributed by atoms with Gasteiger partial charge in [-0.2, -0.15) is 0 Å². The normalized spacial score (nSPS) is 13.5. The van der Waals surface area contributed by atoms with Gasteiger partial charge < -0.3 is 15.5 Å². The number of nitrogens with one attached hydrogen (secondary N) is 2. The van der Waals surface area contributed by atoms with Gasteiger partial charge in [-0.25, -0.2) is 0 Å². The van der Waals surface area contributed by atoms with Crippen molar-refractivity contribution in [3.63, 3.8) is 0 Å². The lowest BCUT2D eigenvalue weighted by atomic mass is 10.1. The van der Waals surface area contributed by atoms with Crippen LogP contribution in [0.15, 0.2) is 18.2 Å².